The van der Waals surface area contributed by atoms with Crippen LogP contribution in [0.2, 0.25) is 0 Å². The van der Waals surface area contributed by atoms with Crippen LogP contribution in [0.25, 0.3) is 0 Å². The molecule has 3 heteroatoms. The molecule has 0 spiro atoms. The van der Waals surface area contributed by atoms with Crippen molar-refractivity contribution in [2.45, 2.75) is 19.4 Å². The number of carbonyl (C=O) groups excluding carboxylic acids is 1. The van der Waals surface area contributed by atoms with E-state index in [-0.39, 0.29) is 0 Å². The van der Waals surface area contributed by atoms with Gasteiger partial charge in [0.15, 0.2) is 0 Å². The van der Waals surface area contributed by atoms with E-state index in [1.54, 1.807) is 0 Å². The molecule has 1 atom stereocenters. The van der Waals surface area contributed by atoms with Gasteiger partial charge in [-0.2, -0.15) is 11.8 Å². The van der Waals surface area contributed by atoms with Crippen molar-refractivity contribution >= 4 is 18.0 Å². The van der Waals surface area contributed by atoms with Gasteiger partial charge in [-0.3, -0.25) is 4.90 Å². The Hall–Kier alpha value is -0.0200. The maximum absolute atomic E-state index is 10.2. The average molecular weight is 175 g/mol. The maximum Gasteiger partial charge on any atom is 0.133 e. The van der Waals surface area contributed by atoms with E-state index >= 15 is 0 Å². The third-order valence-electron chi connectivity index (χ3n) is 1.82. The fraction of sp³-hybridized carbons (Fsp3) is 0.875. The van der Waals surface area contributed by atoms with Gasteiger partial charge in [0.25, 0.3) is 0 Å². The van der Waals surface area contributed by atoms with E-state index < -0.39 is 0 Å². The van der Waals surface area contributed by atoms with Crippen LogP contribution < -0.4 is 0 Å². The van der Waals surface area contributed by atoms with Gasteiger partial charge in [0, 0.05) is 11.8 Å². The third kappa shape index (κ3) is 4.43. The Morgan fingerprint density at radius 2 is 2.27 bits per heavy atom. The van der Waals surface area contributed by atoms with Gasteiger partial charge in [-0.05, 0) is 19.7 Å². The minimum atomic E-state index is 0.551. The first-order valence-electron chi connectivity index (χ1n) is 3.89. The fourth-order valence-electron chi connectivity index (χ4n) is 1.02. The van der Waals surface area contributed by atoms with E-state index in [0.717, 1.165) is 18.5 Å². The molecule has 0 aromatic carbocycles. The van der Waals surface area contributed by atoms with E-state index in [4.69, 9.17) is 0 Å². The zero-order chi connectivity index (χ0) is 8.69. The van der Waals surface area contributed by atoms with Crippen LogP contribution in [0.15, 0.2) is 0 Å². The standard InChI is InChI=1S/C8H17NOS/c1-4-8(7-11-3)9(2)5-6-10/h6,8H,4-5,7H2,1-3H3. The predicted molar refractivity (Wildman–Crippen MR) is 51.2 cm³/mol. The SMILES string of the molecule is CCC(CSC)N(C)CC=O. The van der Waals surface area contributed by atoms with Crippen molar-refractivity contribution in [2.75, 3.05) is 25.6 Å². The van der Waals surface area contributed by atoms with Gasteiger partial charge in [0.2, 0.25) is 0 Å². The molecule has 0 rings (SSSR count). The summed E-state index contributed by atoms with van der Waals surface area (Å²) in [6, 6.07) is 0.551. The van der Waals surface area contributed by atoms with Gasteiger partial charge in [-0.25, -0.2) is 0 Å². The van der Waals surface area contributed by atoms with Gasteiger partial charge in [-0.15, -0.1) is 0 Å². The molecule has 0 fully saturated rings. The summed E-state index contributed by atoms with van der Waals surface area (Å²) in [7, 11) is 2.00. The van der Waals surface area contributed by atoms with Crippen LogP contribution >= 0.6 is 11.8 Å². The van der Waals surface area contributed by atoms with Gasteiger partial charge in [0.1, 0.15) is 6.29 Å². The van der Waals surface area contributed by atoms with Crippen LogP contribution in [0.4, 0.5) is 0 Å². The van der Waals surface area contributed by atoms with E-state index in [0.29, 0.717) is 12.6 Å². The fourth-order valence-corrected chi connectivity index (χ4v) is 1.89. The Morgan fingerprint density at radius 1 is 1.64 bits per heavy atom. The number of aldehydes is 1. The summed E-state index contributed by atoms with van der Waals surface area (Å²) >= 11 is 1.83. The summed E-state index contributed by atoms with van der Waals surface area (Å²) in [5.41, 5.74) is 0. The Morgan fingerprint density at radius 3 is 2.64 bits per heavy atom. The quantitative estimate of drug-likeness (QED) is 0.567. The molecule has 0 aromatic rings. The number of likely N-dealkylation sites (N-methyl/N-ethyl adjacent to an activating group) is 1. The second-order valence-corrected chi connectivity index (χ2v) is 3.53. The number of thioether (sulfide) groups is 1. The average Bonchev–Trinajstić information content (AvgIpc) is 2.00. The summed E-state index contributed by atoms with van der Waals surface area (Å²) in [6.45, 7) is 2.71. The van der Waals surface area contributed by atoms with Crippen molar-refractivity contribution in [3.8, 4) is 0 Å². The van der Waals surface area contributed by atoms with E-state index in [1.807, 2.05) is 18.8 Å². The molecule has 2 nitrogen and oxygen atoms in total. The number of carbonyl (C=O) groups is 1. The summed E-state index contributed by atoms with van der Waals surface area (Å²) in [6.07, 6.45) is 4.17. The summed E-state index contributed by atoms with van der Waals surface area (Å²) in [5, 5.41) is 0. The molecule has 66 valence electrons. The highest BCUT2D eigenvalue weighted by molar-refractivity contribution is 7.98. The number of hydrogen-bond donors (Lipinski definition) is 0. The lowest BCUT2D eigenvalue weighted by Gasteiger charge is -2.23. The van der Waals surface area contributed by atoms with Crippen molar-refractivity contribution in [2.24, 2.45) is 0 Å². The van der Waals surface area contributed by atoms with E-state index in [1.165, 1.54) is 0 Å². The smallest absolute Gasteiger partial charge is 0.133 e. The van der Waals surface area contributed by atoms with Crippen molar-refractivity contribution < 1.29 is 4.79 Å². The second-order valence-electron chi connectivity index (χ2n) is 2.62. The molecule has 0 amide bonds. The van der Waals surface area contributed by atoms with Crippen molar-refractivity contribution in [3.05, 3.63) is 0 Å². The molecule has 0 saturated heterocycles. The Balaban J connectivity index is 3.70. The molecule has 0 aliphatic carbocycles. The summed E-state index contributed by atoms with van der Waals surface area (Å²) < 4.78 is 0. The van der Waals surface area contributed by atoms with Gasteiger partial charge in [-0.1, -0.05) is 6.92 Å². The van der Waals surface area contributed by atoms with Crippen molar-refractivity contribution in [3.63, 3.8) is 0 Å². The van der Waals surface area contributed by atoms with E-state index in [2.05, 4.69) is 18.1 Å². The predicted octanol–water partition coefficient (Wildman–Crippen LogP) is 1.26. The van der Waals surface area contributed by atoms with Crippen LogP contribution in [-0.4, -0.2) is 42.8 Å². The molecule has 0 aromatic heterocycles. The lowest BCUT2D eigenvalue weighted by Crippen LogP contribution is -2.34. The van der Waals surface area contributed by atoms with Crippen LogP contribution in [0, 0.1) is 0 Å². The molecule has 11 heavy (non-hydrogen) atoms. The third-order valence-corrected chi connectivity index (χ3v) is 2.53. The number of nitrogens with zero attached hydrogens (tertiary/aromatic N) is 1. The van der Waals surface area contributed by atoms with E-state index in [9.17, 15) is 4.79 Å². The van der Waals surface area contributed by atoms with Crippen LogP contribution in [0.3, 0.4) is 0 Å². The number of hydrogen-bond acceptors (Lipinski definition) is 3. The molecule has 0 N–H and O–H groups in total. The maximum atomic E-state index is 10.2. The monoisotopic (exact) mass is 175 g/mol. The summed E-state index contributed by atoms with van der Waals surface area (Å²) in [5.74, 6) is 1.11. The second kappa shape index (κ2) is 6.68. The zero-order valence-corrected chi connectivity index (χ0v) is 8.36. The van der Waals surface area contributed by atoms with Crippen LogP contribution in [0.1, 0.15) is 13.3 Å². The molecule has 0 heterocycles. The Kier molecular flexibility index (Phi) is 6.66. The Labute approximate surface area is 73.3 Å². The first-order valence-corrected chi connectivity index (χ1v) is 5.28. The minimum absolute atomic E-state index is 0.551. The topological polar surface area (TPSA) is 20.3 Å². The molecule has 0 bridgehead atoms. The van der Waals surface area contributed by atoms with Crippen LogP contribution in [-0.2, 0) is 4.79 Å². The lowest BCUT2D eigenvalue weighted by atomic mass is 10.2. The van der Waals surface area contributed by atoms with Crippen LogP contribution in [0.5, 0.6) is 0 Å². The van der Waals surface area contributed by atoms with Gasteiger partial charge < -0.3 is 4.79 Å². The largest absolute Gasteiger partial charge is 0.302 e. The molecule has 1 unspecified atom stereocenters. The lowest BCUT2D eigenvalue weighted by molar-refractivity contribution is -0.108. The highest BCUT2D eigenvalue weighted by atomic mass is 32.2. The highest BCUT2D eigenvalue weighted by Gasteiger charge is 2.10. The number of rotatable bonds is 6. The molecule has 0 saturated carbocycles. The highest BCUT2D eigenvalue weighted by Crippen LogP contribution is 2.06. The zero-order valence-electron chi connectivity index (χ0n) is 7.54. The summed E-state index contributed by atoms with van der Waals surface area (Å²) in [4.78, 5) is 12.3. The molecule has 0 aliphatic heterocycles. The molecule has 0 aliphatic rings. The Bertz CT molecular complexity index is 108. The molecule has 0 radical (unpaired) electrons. The van der Waals surface area contributed by atoms with Crippen molar-refractivity contribution in [1.82, 2.24) is 4.90 Å². The normalized spacial score (nSPS) is 13.5. The van der Waals surface area contributed by atoms with Crippen molar-refractivity contribution in [1.29, 1.82) is 0 Å². The van der Waals surface area contributed by atoms with Gasteiger partial charge in [0.05, 0.1) is 6.54 Å². The molecular formula is C8H17NOS. The first kappa shape index (κ1) is 11.0. The first-order chi connectivity index (χ1) is 5.26. The molecular weight excluding hydrogens is 158 g/mol. The van der Waals surface area contributed by atoms with Gasteiger partial charge >= 0.3 is 0 Å². The minimum Gasteiger partial charge on any atom is -0.302 e.